The van der Waals surface area contributed by atoms with E-state index in [1.54, 1.807) is 16.9 Å². The summed E-state index contributed by atoms with van der Waals surface area (Å²) in [5, 5.41) is 4.08. The van der Waals surface area contributed by atoms with Gasteiger partial charge in [0.05, 0.1) is 18.5 Å². The summed E-state index contributed by atoms with van der Waals surface area (Å²) in [6, 6.07) is 1.73. The zero-order valence-electron chi connectivity index (χ0n) is 10.8. The molecule has 2 aromatic heterocycles. The minimum absolute atomic E-state index is 0.166. The van der Waals surface area contributed by atoms with Crippen LogP contribution in [0.1, 0.15) is 5.82 Å². The maximum Gasteiger partial charge on any atom is 0.261 e. The van der Waals surface area contributed by atoms with E-state index in [-0.39, 0.29) is 6.61 Å². The predicted octanol–water partition coefficient (Wildman–Crippen LogP) is 2.36. The maximum absolute atomic E-state index is 11.9. The molecule has 20 heavy (non-hydrogen) atoms. The van der Waals surface area contributed by atoms with Gasteiger partial charge in [0.15, 0.2) is 0 Å². The highest BCUT2D eigenvalue weighted by molar-refractivity contribution is 7.71. The van der Waals surface area contributed by atoms with Crippen molar-refractivity contribution in [2.75, 3.05) is 13.2 Å². The molecule has 0 fully saturated rings. The van der Waals surface area contributed by atoms with E-state index >= 15 is 0 Å². The van der Waals surface area contributed by atoms with Crippen molar-refractivity contribution in [3.63, 3.8) is 0 Å². The molecule has 0 aliphatic rings. The summed E-state index contributed by atoms with van der Waals surface area (Å²) in [5.74, 6) is 0.602. The van der Waals surface area contributed by atoms with Crippen molar-refractivity contribution in [3.05, 3.63) is 28.9 Å². The number of rotatable bonds is 6. The van der Waals surface area contributed by atoms with E-state index in [1.807, 2.05) is 13.2 Å². The topological polar surface area (TPSA) is 55.7 Å². The van der Waals surface area contributed by atoms with Gasteiger partial charge in [-0.2, -0.15) is 5.10 Å². The lowest BCUT2D eigenvalue weighted by atomic mass is 10.2. The minimum atomic E-state index is -2.46. The molecule has 2 heterocycles. The lowest BCUT2D eigenvalue weighted by Gasteiger charge is -2.05. The molecule has 2 rings (SSSR count). The molecule has 0 aromatic carbocycles. The SMILES string of the molecule is Cn1cc(-c2cc(=S)nc(CCOCC(F)F)[nH]2)cn1. The number of aromatic amines is 1. The number of halogens is 2. The number of nitrogens with zero attached hydrogens (tertiary/aromatic N) is 3. The molecule has 5 nitrogen and oxygen atoms in total. The summed E-state index contributed by atoms with van der Waals surface area (Å²) in [6.07, 6.45) is 1.49. The molecule has 0 aliphatic carbocycles. The molecular weight excluding hydrogens is 286 g/mol. The molecule has 0 spiro atoms. The number of alkyl halides is 2. The number of H-pyrrole nitrogens is 1. The van der Waals surface area contributed by atoms with Gasteiger partial charge in [-0.25, -0.2) is 13.8 Å². The Hall–Kier alpha value is -1.67. The van der Waals surface area contributed by atoms with E-state index in [2.05, 4.69) is 15.1 Å². The second-order valence-electron chi connectivity index (χ2n) is 4.20. The summed E-state index contributed by atoms with van der Waals surface area (Å²) in [4.78, 5) is 7.25. The molecule has 2 aromatic rings. The van der Waals surface area contributed by atoms with Crippen LogP contribution >= 0.6 is 12.2 Å². The second-order valence-corrected chi connectivity index (χ2v) is 4.62. The Morgan fingerprint density at radius 3 is 2.95 bits per heavy atom. The van der Waals surface area contributed by atoms with E-state index < -0.39 is 13.0 Å². The van der Waals surface area contributed by atoms with Gasteiger partial charge in [0.1, 0.15) is 17.1 Å². The highest BCUT2D eigenvalue weighted by Crippen LogP contribution is 2.15. The zero-order valence-corrected chi connectivity index (χ0v) is 11.7. The number of nitrogens with one attached hydrogen (secondary N) is 1. The van der Waals surface area contributed by atoms with Crippen LogP contribution in [0, 0.1) is 4.64 Å². The fourth-order valence-electron chi connectivity index (χ4n) is 1.68. The lowest BCUT2D eigenvalue weighted by Crippen LogP contribution is -2.09. The Morgan fingerprint density at radius 1 is 1.50 bits per heavy atom. The van der Waals surface area contributed by atoms with E-state index in [4.69, 9.17) is 17.0 Å². The normalized spacial score (nSPS) is 11.2. The molecule has 8 heteroatoms. The Kier molecular flexibility index (Phi) is 4.91. The molecule has 0 aliphatic heterocycles. The first kappa shape index (κ1) is 14.7. The largest absolute Gasteiger partial charge is 0.375 e. The molecule has 1 N–H and O–H groups in total. The summed E-state index contributed by atoms with van der Waals surface area (Å²) in [5.41, 5.74) is 1.68. The van der Waals surface area contributed by atoms with Crippen LogP contribution in [0.25, 0.3) is 11.3 Å². The number of hydrogen-bond donors (Lipinski definition) is 1. The van der Waals surface area contributed by atoms with E-state index in [1.165, 1.54) is 0 Å². The van der Waals surface area contributed by atoms with Crippen molar-refractivity contribution in [1.82, 2.24) is 19.7 Å². The van der Waals surface area contributed by atoms with Gasteiger partial charge in [0.2, 0.25) is 0 Å². The van der Waals surface area contributed by atoms with Gasteiger partial charge in [0, 0.05) is 25.2 Å². The first-order valence-corrected chi connectivity index (χ1v) is 6.40. The third-order valence-electron chi connectivity index (χ3n) is 2.53. The molecule has 0 radical (unpaired) electrons. The average molecular weight is 300 g/mol. The average Bonchev–Trinajstić information content (AvgIpc) is 2.81. The quantitative estimate of drug-likeness (QED) is 0.657. The third-order valence-corrected chi connectivity index (χ3v) is 2.74. The first-order chi connectivity index (χ1) is 9.54. The van der Waals surface area contributed by atoms with Crippen LogP contribution in [0.3, 0.4) is 0 Å². The number of hydrogen-bond acceptors (Lipinski definition) is 4. The fraction of sp³-hybridized carbons (Fsp3) is 0.417. The Morgan fingerprint density at radius 2 is 2.30 bits per heavy atom. The van der Waals surface area contributed by atoms with Crippen LogP contribution in [-0.2, 0) is 18.2 Å². The molecule has 0 unspecified atom stereocenters. The summed E-state index contributed by atoms with van der Waals surface area (Å²) >= 11 is 5.10. The van der Waals surface area contributed by atoms with Crippen molar-refractivity contribution < 1.29 is 13.5 Å². The van der Waals surface area contributed by atoms with Crippen molar-refractivity contribution in [3.8, 4) is 11.3 Å². The van der Waals surface area contributed by atoms with E-state index in [0.717, 1.165) is 11.3 Å². The van der Waals surface area contributed by atoms with Gasteiger partial charge in [-0.15, -0.1) is 0 Å². The van der Waals surface area contributed by atoms with Gasteiger partial charge in [0.25, 0.3) is 6.43 Å². The van der Waals surface area contributed by atoms with Crippen LogP contribution in [0.15, 0.2) is 18.5 Å². The van der Waals surface area contributed by atoms with Crippen molar-refractivity contribution in [1.29, 1.82) is 0 Å². The molecule has 0 saturated heterocycles. The Labute approximate surface area is 119 Å². The number of ether oxygens (including phenoxy) is 1. The van der Waals surface area contributed by atoms with Crippen LogP contribution in [0.2, 0.25) is 0 Å². The smallest absolute Gasteiger partial charge is 0.261 e. The number of aryl methyl sites for hydroxylation is 1. The molecule has 108 valence electrons. The van der Waals surface area contributed by atoms with Gasteiger partial charge in [-0.1, -0.05) is 12.2 Å². The monoisotopic (exact) mass is 300 g/mol. The summed E-state index contributed by atoms with van der Waals surface area (Å²) in [7, 11) is 1.82. The molecule has 0 atom stereocenters. The predicted molar refractivity (Wildman–Crippen MR) is 72.2 cm³/mol. The van der Waals surface area contributed by atoms with Crippen LogP contribution in [0.5, 0.6) is 0 Å². The Balaban J connectivity index is 2.07. The van der Waals surface area contributed by atoms with E-state index in [9.17, 15) is 8.78 Å². The van der Waals surface area contributed by atoms with Gasteiger partial charge >= 0.3 is 0 Å². The van der Waals surface area contributed by atoms with E-state index in [0.29, 0.717) is 16.9 Å². The van der Waals surface area contributed by atoms with Crippen molar-refractivity contribution in [2.45, 2.75) is 12.8 Å². The number of aromatic nitrogens is 4. The third kappa shape index (κ3) is 4.17. The second kappa shape index (κ2) is 6.67. The van der Waals surface area contributed by atoms with Gasteiger partial charge in [-0.05, 0) is 6.07 Å². The minimum Gasteiger partial charge on any atom is -0.375 e. The van der Waals surface area contributed by atoms with Crippen molar-refractivity contribution in [2.24, 2.45) is 7.05 Å². The van der Waals surface area contributed by atoms with Crippen LogP contribution < -0.4 is 0 Å². The summed E-state index contributed by atoms with van der Waals surface area (Å²) in [6.45, 7) is -0.401. The Bertz CT molecular complexity index is 626. The molecule has 0 amide bonds. The van der Waals surface area contributed by atoms with Crippen molar-refractivity contribution >= 4 is 12.2 Å². The molecule has 0 saturated carbocycles. The standard InChI is InChI=1S/C12H14F2N4OS/c1-18-6-8(5-15-18)9-4-12(20)17-11(16-9)2-3-19-7-10(13)14/h4-6,10H,2-3,7H2,1H3,(H,16,17,20). The fourth-order valence-corrected chi connectivity index (χ4v) is 1.91. The maximum atomic E-state index is 11.9. The first-order valence-electron chi connectivity index (χ1n) is 6.00. The zero-order chi connectivity index (χ0) is 14.5. The highest BCUT2D eigenvalue weighted by Gasteiger charge is 2.05. The highest BCUT2D eigenvalue weighted by atomic mass is 32.1. The van der Waals surface area contributed by atoms with Gasteiger partial charge in [-0.3, -0.25) is 4.68 Å². The van der Waals surface area contributed by atoms with Crippen LogP contribution in [0.4, 0.5) is 8.78 Å². The summed E-state index contributed by atoms with van der Waals surface area (Å²) < 4.78 is 30.8. The molecular formula is C12H14F2N4OS. The lowest BCUT2D eigenvalue weighted by molar-refractivity contribution is 0.0183. The van der Waals surface area contributed by atoms with Crippen LogP contribution in [-0.4, -0.2) is 39.4 Å². The van der Waals surface area contributed by atoms with Gasteiger partial charge < -0.3 is 9.72 Å². The molecule has 0 bridgehead atoms.